The highest BCUT2D eigenvalue weighted by molar-refractivity contribution is 5.86. The van der Waals surface area contributed by atoms with Crippen molar-refractivity contribution in [3.05, 3.63) is 35.4 Å². The number of halogens is 2. The minimum Gasteiger partial charge on any atom is -0.379 e. The van der Waals surface area contributed by atoms with E-state index in [0.717, 1.165) is 6.07 Å². The standard InChI is InChI=1S/C16H22F2N2O2/c1-3-19(2)11-16(22)8-5-9-20(15(16)21)10-12-6-4-7-13(17)14(12)18/h4,6-7,22H,3,5,8-11H2,1-2H3. The topological polar surface area (TPSA) is 43.8 Å². The highest BCUT2D eigenvalue weighted by Gasteiger charge is 2.42. The van der Waals surface area contributed by atoms with Gasteiger partial charge in [-0.05, 0) is 32.5 Å². The smallest absolute Gasteiger partial charge is 0.256 e. The van der Waals surface area contributed by atoms with E-state index >= 15 is 0 Å². The van der Waals surface area contributed by atoms with Crippen molar-refractivity contribution in [1.29, 1.82) is 0 Å². The maximum atomic E-state index is 13.8. The molecule has 0 radical (unpaired) electrons. The molecule has 1 unspecified atom stereocenters. The lowest BCUT2D eigenvalue weighted by Crippen LogP contribution is -2.57. The zero-order valence-electron chi connectivity index (χ0n) is 13.0. The maximum absolute atomic E-state index is 13.8. The summed E-state index contributed by atoms with van der Waals surface area (Å²) >= 11 is 0. The monoisotopic (exact) mass is 312 g/mol. The van der Waals surface area contributed by atoms with Crippen LogP contribution in [-0.2, 0) is 11.3 Å². The lowest BCUT2D eigenvalue weighted by molar-refractivity contribution is -0.159. The molecular weight excluding hydrogens is 290 g/mol. The summed E-state index contributed by atoms with van der Waals surface area (Å²) in [6.07, 6.45) is 1.02. The van der Waals surface area contributed by atoms with Crippen molar-refractivity contribution in [2.45, 2.75) is 31.9 Å². The third-order valence-electron chi connectivity index (χ3n) is 4.17. The fourth-order valence-corrected chi connectivity index (χ4v) is 2.80. The van der Waals surface area contributed by atoms with Crippen molar-refractivity contribution < 1.29 is 18.7 Å². The Hall–Kier alpha value is -1.53. The molecule has 1 atom stereocenters. The molecule has 6 heteroatoms. The predicted octanol–water partition coefficient (Wildman–Crippen LogP) is 1.77. The first-order chi connectivity index (χ1) is 10.4. The molecule has 1 fully saturated rings. The third kappa shape index (κ3) is 3.44. The Morgan fingerprint density at radius 1 is 1.41 bits per heavy atom. The van der Waals surface area contributed by atoms with Gasteiger partial charge in [-0.1, -0.05) is 19.1 Å². The molecule has 1 heterocycles. The summed E-state index contributed by atoms with van der Waals surface area (Å²) in [5.74, 6) is -2.28. The van der Waals surface area contributed by atoms with Gasteiger partial charge in [0.05, 0.1) is 0 Å². The number of benzene rings is 1. The molecule has 22 heavy (non-hydrogen) atoms. The van der Waals surface area contributed by atoms with Crippen LogP contribution in [-0.4, -0.2) is 53.1 Å². The van der Waals surface area contributed by atoms with Crippen LogP contribution in [0.25, 0.3) is 0 Å². The molecular formula is C16H22F2N2O2. The van der Waals surface area contributed by atoms with Crippen molar-refractivity contribution in [2.24, 2.45) is 0 Å². The molecule has 1 N–H and O–H groups in total. The molecule has 1 amide bonds. The van der Waals surface area contributed by atoms with Gasteiger partial charge in [0.15, 0.2) is 17.2 Å². The summed E-state index contributed by atoms with van der Waals surface area (Å²) in [5.41, 5.74) is -1.33. The van der Waals surface area contributed by atoms with Gasteiger partial charge >= 0.3 is 0 Å². The number of likely N-dealkylation sites (tertiary alicyclic amines) is 1. The summed E-state index contributed by atoms with van der Waals surface area (Å²) in [6.45, 7) is 3.31. The molecule has 0 aliphatic carbocycles. The highest BCUT2D eigenvalue weighted by atomic mass is 19.2. The highest BCUT2D eigenvalue weighted by Crippen LogP contribution is 2.26. The zero-order valence-corrected chi connectivity index (χ0v) is 13.0. The van der Waals surface area contributed by atoms with Crippen molar-refractivity contribution >= 4 is 5.91 Å². The number of aliphatic hydroxyl groups is 1. The Balaban J connectivity index is 2.15. The first-order valence-corrected chi connectivity index (χ1v) is 7.50. The molecule has 1 aliphatic heterocycles. The van der Waals surface area contributed by atoms with E-state index in [-0.39, 0.29) is 18.7 Å². The molecule has 122 valence electrons. The Bertz CT molecular complexity index is 553. The Morgan fingerprint density at radius 3 is 2.82 bits per heavy atom. The minimum atomic E-state index is -1.45. The van der Waals surface area contributed by atoms with E-state index in [2.05, 4.69) is 0 Å². The molecule has 1 aromatic carbocycles. The molecule has 0 bridgehead atoms. The number of rotatable bonds is 5. The second-order valence-corrected chi connectivity index (χ2v) is 5.91. The normalized spacial score (nSPS) is 22.5. The van der Waals surface area contributed by atoms with Gasteiger partial charge in [-0.3, -0.25) is 4.79 Å². The first kappa shape index (κ1) is 16.8. The van der Waals surface area contributed by atoms with E-state index in [1.165, 1.54) is 17.0 Å². The van der Waals surface area contributed by atoms with Gasteiger partial charge in [0.25, 0.3) is 5.91 Å². The molecule has 0 aromatic heterocycles. The van der Waals surface area contributed by atoms with Crippen LogP contribution in [0, 0.1) is 11.6 Å². The van der Waals surface area contributed by atoms with Crippen LogP contribution in [0.5, 0.6) is 0 Å². The Morgan fingerprint density at radius 2 is 2.14 bits per heavy atom. The lowest BCUT2D eigenvalue weighted by atomic mass is 9.91. The van der Waals surface area contributed by atoms with Crippen molar-refractivity contribution in [1.82, 2.24) is 9.80 Å². The van der Waals surface area contributed by atoms with E-state index in [4.69, 9.17) is 0 Å². The van der Waals surface area contributed by atoms with Gasteiger partial charge in [0.2, 0.25) is 0 Å². The zero-order chi connectivity index (χ0) is 16.3. The van der Waals surface area contributed by atoms with E-state index in [1.807, 2.05) is 18.9 Å². The number of carbonyl (C=O) groups excluding carboxylic acids is 1. The second-order valence-electron chi connectivity index (χ2n) is 5.91. The molecule has 2 rings (SSSR count). The van der Waals surface area contributed by atoms with Crippen LogP contribution in [0.2, 0.25) is 0 Å². The predicted molar refractivity (Wildman–Crippen MR) is 79.1 cm³/mol. The van der Waals surface area contributed by atoms with Crippen LogP contribution in [0.1, 0.15) is 25.3 Å². The van der Waals surface area contributed by atoms with Crippen molar-refractivity contribution in [3.63, 3.8) is 0 Å². The molecule has 0 spiro atoms. The van der Waals surface area contributed by atoms with Crippen LogP contribution in [0.4, 0.5) is 8.78 Å². The van der Waals surface area contributed by atoms with Crippen LogP contribution in [0.3, 0.4) is 0 Å². The molecule has 0 saturated carbocycles. The van der Waals surface area contributed by atoms with Crippen molar-refractivity contribution in [2.75, 3.05) is 26.7 Å². The van der Waals surface area contributed by atoms with Gasteiger partial charge in [-0.2, -0.15) is 0 Å². The number of piperidine rings is 1. The fraction of sp³-hybridized carbons (Fsp3) is 0.562. The fourth-order valence-electron chi connectivity index (χ4n) is 2.80. The van der Waals surface area contributed by atoms with Crippen LogP contribution < -0.4 is 0 Å². The maximum Gasteiger partial charge on any atom is 0.256 e. The number of nitrogens with zero attached hydrogens (tertiary/aromatic N) is 2. The van der Waals surface area contributed by atoms with Gasteiger partial charge in [-0.15, -0.1) is 0 Å². The van der Waals surface area contributed by atoms with Gasteiger partial charge < -0.3 is 14.9 Å². The van der Waals surface area contributed by atoms with E-state index in [1.54, 1.807) is 0 Å². The largest absolute Gasteiger partial charge is 0.379 e. The van der Waals surface area contributed by atoms with Crippen LogP contribution in [0.15, 0.2) is 18.2 Å². The average molecular weight is 312 g/mol. The summed E-state index contributed by atoms with van der Waals surface area (Å²) < 4.78 is 27.0. The van der Waals surface area contributed by atoms with E-state index < -0.39 is 23.1 Å². The van der Waals surface area contributed by atoms with Crippen molar-refractivity contribution in [3.8, 4) is 0 Å². The SMILES string of the molecule is CCN(C)CC1(O)CCCN(Cc2cccc(F)c2F)C1=O. The van der Waals surface area contributed by atoms with Crippen LogP contribution >= 0.6 is 0 Å². The molecule has 1 aromatic rings. The summed E-state index contributed by atoms with van der Waals surface area (Å²) in [4.78, 5) is 15.8. The average Bonchev–Trinajstić information content (AvgIpc) is 2.48. The lowest BCUT2D eigenvalue weighted by Gasteiger charge is -2.40. The number of hydrogen-bond donors (Lipinski definition) is 1. The molecule has 1 aliphatic rings. The number of hydrogen-bond acceptors (Lipinski definition) is 3. The molecule has 4 nitrogen and oxygen atoms in total. The summed E-state index contributed by atoms with van der Waals surface area (Å²) in [7, 11) is 1.83. The molecule has 1 saturated heterocycles. The van der Waals surface area contributed by atoms with Gasteiger partial charge in [0, 0.05) is 25.2 Å². The second kappa shape index (κ2) is 6.71. The number of amides is 1. The first-order valence-electron chi connectivity index (χ1n) is 7.50. The van der Waals surface area contributed by atoms with E-state index in [0.29, 0.717) is 25.9 Å². The van der Waals surface area contributed by atoms with Gasteiger partial charge in [-0.25, -0.2) is 8.78 Å². The van der Waals surface area contributed by atoms with Gasteiger partial charge in [0.1, 0.15) is 0 Å². The minimum absolute atomic E-state index is 0.0272. The Kier molecular flexibility index (Phi) is 5.13. The Labute approximate surface area is 129 Å². The number of carbonyl (C=O) groups is 1. The summed E-state index contributed by atoms with van der Waals surface area (Å²) in [6, 6.07) is 3.92. The van der Waals surface area contributed by atoms with E-state index in [9.17, 15) is 18.7 Å². The number of likely N-dealkylation sites (N-methyl/N-ethyl adjacent to an activating group) is 1. The quantitative estimate of drug-likeness (QED) is 0.901. The summed E-state index contributed by atoms with van der Waals surface area (Å²) in [5, 5.41) is 10.6. The third-order valence-corrected chi connectivity index (χ3v) is 4.17.